The summed E-state index contributed by atoms with van der Waals surface area (Å²) in [6, 6.07) is 12.2. The highest BCUT2D eigenvalue weighted by Crippen LogP contribution is 2.26. The molecular weight excluding hydrogens is 258 g/mol. The highest BCUT2D eigenvalue weighted by Gasteiger charge is 2.03. The van der Waals surface area contributed by atoms with Crippen molar-refractivity contribution in [2.24, 2.45) is 0 Å². The van der Waals surface area contributed by atoms with Gasteiger partial charge in [0, 0.05) is 11.6 Å². The van der Waals surface area contributed by atoms with Gasteiger partial charge in [0.1, 0.15) is 5.75 Å². The second kappa shape index (κ2) is 5.98. The molecule has 0 saturated carbocycles. The zero-order valence-electron chi connectivity index (χ0n) is 11.5. The van der Waals surface area contributed by atoms with Crippen LogP contribution in [0.4, 0.5) is 5.69 Å². The molecule has 0 fully saturated rings. The van der Waals surface area contributed by atoms with Gasteiger partial charge in [0.2, 0.25) is 0 Å². The van der Waals surface area contributed by atoms with E-state index in [0.717, 1.165) is 34.1 Å². The molecule has 0 aliphatic heterocycles. The second-order valence-electron chi connectivity index (χ2n) is 4.64. The standard InChI is InChI=1S/C16H18ClNO/c1-11-4-7-15(16(8-11)19-3)18-10-13-6-5-12(2)14(17)9-13/h4-9,18H,10H2,1-3H3. The molecule has 2 aromatic rings. The predicted octanol–water partition coefficient (Wildman–Crippen LogP) is 4.58. The summed E-state index contributed by atoms with van der Waals surface area (Å²) in [4.78, 5) is 0. The third-order valence-electron chi connectivity index (χ3n) is 3.08. The number of benzene rings is 2. The fourth-order valence-electron chi connectivity index (χ4n) is 1.89. The SMILES string of the molecule is COc1cc(C)ccc1NCc1ccc(C)c(Cl)c1. The molecule has 19 heavy (non-hydrogen) atoms. The van der Waals surface area contributed by atoms with Crippen molar-refractivity contribution in [3.8, 4) is 5.75 Å². The summed E-state index contributed by atoms with van der Waals surface area (Å²) in [5, 5.41) is 4.17. The summed E-state index contributed by atoms with van der Waals surface area (Å²) in [6.45, 7) is 4.77. The van der Waals surface area contributed by atoms with E-state index in [1.54, 1.807) is 7.11 Å². The van der Waals surface area contributed by atoms with E-state index in [1.807, 2.05) is 38.1 Å². The van der Waals surface area contributed by atoms with Crippen molar-refractivity contribution in [2.75, 3.05) is 12.4 Å². The van der Waals surface area contributed by atoms with Crippen molar-refractivity contribution in [1.82, 2.24) is 0 Å². The molecular formula is C16H18ClNO. The van der Waals surface area contributed by atoms with Gasteiger partial charge in [-0.3, -0.25) is 0 Å². The Bertz CT molecular complexity index is 581. The third-order valence-corrected chi connectivity index (χ3v) is 3.48. The summed E-state index contributed by atoms with van der Waals surface area (Å²) in [7, 11) is 1.68. The van der Waals surface area contributed by atoms with E-state index in [2.05, 4.69) is 17.4 Å². The first-order valence-corrected chi connectivity index (χ1v) is 6.61. The average Bonchev–Trinajstić information content (AvgIpc) is 2.41. The maximum absolute atomic E-state index is 6.12. The van der Waals surface area contributed by atoms with Crippen LogP contribution in [0.2, 0.25) is 5.02 Å². The fraction of sp³-hybridized carbons (Fsp3) is 0.250. The first-order chi connectivity index (χ1) is 9.10. The molecule has 0 unspecified atom stereocenters. The Balaban J connectivity index is 2.12. The van der Waals surface area contributed by atoms with Crippen molar-refractivity contribution in [1.29, 1.82) is 0 Å². The van der Waals surface area contributed by atoms with Gasteiger partial charge in [-0.2, -0.15) is 0 Å². The lowest BCUT2D eigenvalue weighted by Gasteiger charge is -2.12. The van der Waals surface area contributed by atoms with Gasteiger partial charge < -0.3 is 10.1 Å². The summed E-state index contributed by atoms with van der Waals surface area (Å²) in [6.07, 6.45) is 0. The van der Waals surface area contributed by atoms with E-state index in [0.29, 0.717) is 0 Å². The van der Waals surface area contributed by atoms with E-state index < -0.39 is 0 Å². The van der Waals surface area contributed by atoms with Crippen molar-refractivity contribution in [2.45, 2.75) is 20.4 Å². The first-order valence-electron chi connectivity index (χ1n) is 6.23. The molecule has 0 heterocycles. The molecule has 100 valence electrons. The molecule has 0 saturated heterocycles. The molecule has 2 rings (SSSR count). The number of rotatable bonds is 4. The quantitative estimate of drug-likeness (QED) is 0.882. The lowest BCUT2D eigenvalue weighted by atomic mass is 10.1. The highest BCUT2D eigenvalue weighted by atomic mass is 35.5. The first kappa shape index (κ1) is 13.8. The van der Waals surface area contributed by atoms with Crippen LogP contribution in [0, 0.1) is 13.8 Å². The Morgan fingerprint density at radius 1 is 1.11 bits per heavy atom. The molecule has 3 heteroatoms. The zero-order chi connectivity index (χ0) is 13.8. The minimum absolute atomic E-state index is 0.722. The summed E-state index contributed by atoms with van der Waals surface area (Å²) in [5.41, 5.74) is 4.42. The van der Waals surface area contributed by atoms with Crippen LogP contribution in [-0.2, 0) is 6.54 Å². The molecule has 0 spiro atoms. The van der Waals surface area contributed by atoms with Crippen molar-refractivity contribution in [3.05, 3.63) is 58.1 Å². The van der Waals surface area contributed by atoms with E-state index in [-0.39, 0.29) is 0 Å². The third kappa shape index (κ3) is 3.42. The number of hydrogen-bond donors (Lipinski definition) is 1. The molecule has 0 bridgehead atoms. The predicted molar refractivity (Wildman–Crippen MR) is 81.2 cm³/mol. The van der Waals surface area contributed by atoms with Crippen molar-refractivity contribution >= 4 is 17.3 Å². The average molecular weight is 276 g/mol. The molecule has 2 nitrogen and oxygen atoms in total. The Kier molecular flexibility index (Phi) is 4.33. The molecule has 0 amide bonds. The van der Waals surface area contributed by atoms with Crippen LogP contribution in [0.25, 0.3) is 0 Å². The van der Waals surface area contributed by atoms with Gasteiger partial charge in [-0.25, -0.2) is 0 Å². The largest absolute Gasteiger partial charge is 0.495 e. The number of aryl methyl sites for hydroxylation is 2. The van der Waals surface area contributed by atoms with Gasteiger partial charge in [0.25, 0.3) is 0 Å². The molecule has 0 aromatic heterocycles. The summed E-state index contributed by atoms with van der Waals surface area (Å²) in [5.74, 6) is 0.859. The number of ether oxygens (including phenoxy) is 1. The minimum Gasteiger partial charge on any atom is -0.495 e. The van der Waals surface area contributed by atoms with Crippen LogP contribution in [-0.4, -0.2) is 7.11 Å². The number of anilines is 1. The number of nitrogens with one attached hydrogen (secondary N) is 1. The Morgan fingerprint density at radius 2 is 1.89 bits per heavy atom. The van der Waals surface area contributed by atoms with Gasteiger partial charge in [-0.1, -0.05) is 29.8 Å². The molecule has 0 aliphatic carbocycles. The van der Waals surface area contributed by atoms with Gasteiger partial charge in [-0.05, 0) is 48.7 Å². The fourth-order valence-corrected chi connectivity index (χ4v) is 2.09. The van der Waals surface area contributed by atoms with Gasteiger partial charge in [0.15, 0.2) is 0 Å². The van der Waals surface area contributed by atoms with Gasteiger partial charge in [-0.15, -0.1) is 0 Å². The van der Waals surface area contributed by atoms with Crippen LogP contribution >= 0.6 is 11.6 Å². The number of halogens is 1. The molecule has 0 radical (unpaired) electrons. The zero-order valence-corrected chi connectivity index (χ0v) is 12.2. The van der Waals surface area contributed by atoms with E-state index in [4.69, 9.17) is 16.3 Å². The molecule has 1 N–H and O–H groups in total. The van der Waals surface area contributed by atoms with Gasteiger partial charge >= 0.3 is 0 Å². The van der Waals surface area contributed by atoms with Crippen LogP contribution in [0.1, 0.15) is 16.7 Å². The molecule has 2 aromatic carbocycles. The van der Waals surface area contributed by atoms with E-state index in [9.17, 15) is 0 Å². The smallest absolute Gasteiger partial charge is 0.142 e. The highest BCUT2D eigenvalue weighted by molar-refractivity contribution is 6.31. The van der Waals surface area contributed by atoms with Gasteiger partial charge in [0.05, 0.1) is 12.8 Å². The second-order valence-corrected chi connectivity index (χ2v) is 5.05. The van der Waals surface area contributed by atoms with Crippen LogP contribution in [0.15, 0.2) is 36.4 Å². The maximum Gasteiger partial charge on any atom is 0.142 e. The summed E-state index contributed by atoms with van der Waals surface area (Å²) < 4.78 is 5.37. The Hall–Kier alpha value is -1.67. The Labute approximate surface area is 119 Å². The van der Waals surface area contributed by atoms with Crippen molar-refractivity contribution < 1.29 is 4.74 Å². The maximum atomic E-state index is 6.12. The number of methoxy groups -OCH3 is 1. The minimum atomic E-state index is 0.722. The van der Waals surface area contributed by atoms with E-state index >= 15 is 0 Å². The topological polar surface area (TPSA) is 21.3 Å². The van der Waals surface area contributed by atoms with Crippen LogP contribution < -0.4 is 10.1 Å². The molecule has 0 aliphatic rings. The monoisotopic (exact) mass is 275 g/mol. The molecule has 0 atom stereocenters. The lowest BCUT2D eigenvalue weighted by molar-refractivity contribution is 0.416. The van der Waals surface area contributed by atoms with Crippen LogP contribution in [0.3, 0.4) is 0 Å². The summed E-state index contributed by atoms with van der Waals surface area (Å²) >= 11 is 6.12. The van der Waals surface area contributed by atoms with E-state index in [1.165, 1.54) is 5.56 Å². The lowest BCUT2D eigenvalue weighted by Crippen LogP contribution is -2.01. The normalized spacial score (nSPS) is 10.3. The Morgan fingerprint density at radius 3 is 2.58 bits per heavy atom. The van der Waals surface area contributed by atoms with Crippen molar-refractivity contribution in [3.63, 3.8) is 0 Å². The number of hydrogen-bond acceptors (Lipinski definition) is 2. The van der Waals surface area contributed by atoms with Crippen LogP contribution in [0.5, 0.6) is 5.75 Å².